The van der Waals surface area contributed by atoms with E-state index in [2.05, 4.69) is 15.9 Å². The number of rotatable bonds is 5. The minimum absolute atomic E-state index is 0.0291. The Bertz CT molecular complexity index is 508. The molecule has 4 nitrogen and oxygen atoms in total. The minimum Gasteiger partial charge on any atom is -0.389 e. The molecule has 0 saturated heterocycles. The van der Waals surface area contributed by atoms with Gasteiger partial charge in [-0.1, -0.05) is 0 Å². The van der Waals surface area contributed by atoms with Crippen molar-refractivity contribution in [3.05, 3.63) is 33.8 Å². The van der Waals surface area contributed by atoms with E-state index >= 15 is 0 Å². The number of halogens is 4. The number of benzene rings is 1. The van der Waals surface area contributed by atoms with Gasteiger partial charge >= 0.3 is 6.18 Å². The van der Waals surface area contributed by atoms with Gasteiger partial charge in [0.25, 0.3) is 5.91 Å². The second-order valence-electron chi connectivity index (χ2n) is 4.49. The summed E-state index contributed by atoms with van der Waals surface area (Å²) in [6.45, 7) is -0.0171. The first-order chi connectivity index (χ1) is 9.66. The van der Waals surface area contributed by atoms with Gasteiger partial charge in [-0.3, -0.25) is 4.79 Å². The molecule has 0 heterocycles. The molecule has 1 N–H and O–H groups in total. The molecule has 0 aliphatic heterocycles. The Balaban J connectivity index is 2.96. The number of likely N-dealkylation sites (N-methyl/N-ethyl adjacent to an activating group) is 1. The fourth-order valence-electron chi connectivity index (χ4n) is 1.72. The highest BCUT2D eigenvalue weighted by Gasteiger charge is 2.32. The van der Waals surface area contributed by atoms with Gasteiger partial charge in [0.05, 0.1) is 23.8 Å². The lowest BCUT2D eigenvalue weighted by molar-refractivity contribution is -0.137. The number of aliphatic hydroxyl groups is 1. The summed E-state index contributed by atoms with van der Waals surface area (Å²) in [5.74, 6) is -0.622. The second-order valence-corrected chi connectivity index (χ2v) is 5.34. The molecule has 1 atom stereocenters. The van der Waals surface area contributed by atoms with Crippen LogP contribution in [-0.2, 0) is 10.9 Å². The topological polar surface area (TPSA) is 49.8 Å². The fourth-order valence-corrected chi connectivity index (χ4v) is 2.13. The molecule has 8 heteroatoms. The summed E-state index contributed by atoms with van der Waals surface area (Å²) in [4.78, 5) is 13.3. The van der Waals surface area contributed by atoms with Crippen molar-refractivity contribution in [2.24, 2.45) is 0 Å². The molecular formula is C13H15BrF3NO3. The summed E-state index contributed by atoms with van der Waals surface area (Å²) in [6.07, 6.45) is -5.43. The molecule has 1 rings (SSSR count). The zero-order valence-electron chi connectivity index (χ0n) is 11.4. The van der Waals surface area contributed by atoms with Crippen LogP contribution in [0.5, 0.6) is 0 Å². The number of carbonyl (C=O) groups is 1. The fraction of sp³-hybridized carbons (Fsp3) is 0.462. The average molecular weight is 370 g/mol. The molecule has 1 amide bonds. The van der Waals surface area contributed by atoms with E-state index in [1.54, 1.807) is 0 Å². The molecule has 118 valence electrons. The van der Waals surface area contributed by atoms with Crippen molar-refractivity contribution in [3.8, 4) is 0 Å². The van der Waals surface area contributed by atoms with E-state index in [9.17, 15) is 23.1 Å². The van der Waals surface area contributed by atoms with Crippen LogP contribution in [0.25, 0.3) is 0 Å². The van der Waals surface area contributed by atoms with E-state index in [0.29, 0.717) is 0 Å². The molecule has 0 fully saturated rings. The van der Waals surface area contributed by atoms with E-state index in [4.69, 9.17) is 4.74 Å². The molecule has 1 aromatic carbocycles. The van der Waals surface area contributed by atoms with E-state index in [1.807, 2.05) is 0 Å². The molecule has 21 heavy (non-hydrogen) atoms. The van der Waals surface area contributed by atoms with Gasteiger partial charge in [0.2, 0.25) is 0 Å². The van der Waals surface area contributed by atoms with Crippen molar-refractivity contribution in [1.82, 2.24) is 4.90 Å². The van der Waals surface area contributed by atoms with Gasteiger partial charge in [-0.05, 0) is 34.1 Å². The van der Waals surface area contributed by atoms with Gasteiger partial charge in [-0.15, -0.1) is 0 Å². The van der Waals surface area contributed by atoms with Gasteiger partial charge in [0, 0.05) is 25.2 Å². The van der Waals surface area contributed by atoms with Crippen molar-refractivity contribution in [2.75, 3.05) is 27.3 Å². The number of ether oxygens (including phenoxy) is 1. The number of hydrogen-bond donors (Lipinski definition) is 1. The lowest BCUT2D eigenvalue weighted by Gasteiger charge is -2.21. The Labute approximate surface area is 128 Å². The van der Waals surface area contributed by atoms with Gasteiger partial charge in [-0.25, -0.2) is 0 Å². The Hall–Kier alpha value is -1.12. The molecule has 0 spiro atoms. The molecule has 1 unspecified atom stereocenters. The number of hydrogen-bond acceptors (Lipinski definition) is 3. The largest absolute Gasteiger partial charge is 0.416 e. The monoisotopic (exact) mass is 369 g/mol. The predicted molar refractivity (Wildman–Crippen MR) is 74.0 cm³/mol. The Morgan fingerprint density at radius 3 is 2.62 bits per heavy atom. The molecule has 0 aromatic heterocycles. The normalized spacial score (nSPS) is 13.1. The quantitative estimate of drug-likeness (QED) is 0.867. The van der Waals surface area contributed by atoms with Crippen LogP contribution < -0.4 is 0 Å². The number of alkyl halides is 3. The van der Waals surface area contributed by atoms with Crippen molar-refractivity contribution < 1.29 is 27.8 Å². The standard InChI is InChI=1S/C13H15BrF3NO3/c1-18(6-9(19)7-21-2)12(20)10-5-8(13(15,16)17)3-4-11(10)14/h3-5,9,19H,6-7H2,1-2H3. The first-order valence-corrected chi connectivity index (χ1v) is 6.75. The smallest absolute Gasteiger partial charge is 0.389 e. The predicted octanol–water partition coefficient (Wildman–Crippen LogP) is 2.55. The zero-order chi connectivity index (χ0) is 16.2. The van der Waals surface area contributed by atoms with Crippen molar-refractivity contribution in [2.45, 2.75) is 12.3 Å². The molecule has 0 saturated carbocycles. The number of nitrogens with zero attached hydrogens (tertiary/aromatic N) is 1. The Kier molecular flexibility index (Phi) is 6.18. The SMILES string of the molecule is COCC(O)CN(C)C(=O)c1cc(C(F)(F)F)ccc1Br. The van der Waals surface area contributed by atoms with Crippen LogP contribution in [0.4, 0.5) is 13.2 Å². The molecule has 1 aromatic rings. The summed E-state index contributed by atoms with van der Waals surface area (Å²) in [5.41, 5.74) is -1.02. The Morgan fingerprint density at radius 2 is 2.10 bits per heavy atom. The summed E-state index contributed by atoms with van der Waals surface area (Å²) >= 11 is 3.06. The Morgan fingerprint density at radius 1 is 1.48 bits per heavy atom. The van der Waals surface area contributed by atoms with Gasteiger partial charge < -0.3 is 14.7 Å². The second kappa shape index (κ2) is 7.24. The number of aliphatic hydroxyl groups excluding tert-OH is 1. The maximum absolute atomic E-state index is 12.7. The minimum atomic E-state index is -4.52. The lowest BCUT2D eigenvalue weighted by atomic mass is 10.1. The third kappa shape index (κ3) is 4.98. The molecular weight excluding hydrogens is 355 g/mol. The van der Waals surface area contributed by atoms with Crippen LogP contribution in [0.1, 0.15) is 15.9 Å². The van der Waals surface area contributed by atoms with Crippen LogP contribution >= 0.6 is 15.9 Å². The molecule has 0 radical (unpaired) electrons. The third-order valence-corrected chi connectivity index (χ3v) is 3.41. The van der Waals surface area contributed by atoms with Crippen molar-refractivity contribution in [1.29, 1.82) is 0 Å². The molecule has 0 aliphatic rings. The number of amides is 1. The van der Waals surface area contributed by atoms with Crippen LogP contribution in [0, 0.1) is 0 Å². The van der Waals surface area contributed by atoms with E-state index in [1.165, 1.54) is 20.2 Å². The van der Waals surface area contributed by atoms with E-state index < -0.39 is 23.8 Å². The first kappa shape index (κ1) is 17.9. The summed E-state index contributed by atoms with van der Waals surface area (Å²) < 4.78 is 43.0. The highest BCUT2D eigenvalue weighted by atomic mass is 79.9. The summed E-state index contributed by atoms with van der Waals surface area (Å²) in [6, 6.07) is 2.85. The van der Waals surface area contributed by atoms with E-state index in [0.717, 1.165) is 17.0 Å². The summed E-state index contributed by atoms with van der Waals surface area (Å²) in [7, 11) is 2.79. The van der Waals surface area contributed by atoms with Crippen LogP contribution in [-0.4, -0.2) is 49.3 Å². The van der Waals surface area contributed by atoms with Gasteiger partial charge in [0.15, 0.2) is 0 Å². The van der Waals surface area contributed by atoms with Crippen LogP contribution in [0.2, 0.25) is 0 Å². The van der Waals surface area contributed by atoms with Crippen molar-refractivity contribution in [3.63, 3.8) is 0 Å². The van der Waals surface area contributed by atoms with Gasteiger partial charge in [0.1, 0.15) is 0 Å². The van der Waals surface area contributed by atoms with Gasteiger partial charge in [-0.2, -0.15) is 13.2 Å². The average Bonchev–Trinajstić information content (AvgIpc) is 2.37. The summed E-state index contributed by atoms with van der Waals surface area (Å²) in [5, 5.41) is 9.56. The molecule has 0 bridgehead atoms. The van der Waals surface area contributed by atoms with Crippen molar-refractivity contribution >= 4 is 21.8 Å². The highest BCUT2D eigenvalue weighted by molar-refractivity contribution is 9.10. The maximum Gasteiger partial charge on any atom is 0.416 e. The number of methoxy groups -OCH3 is 1. The lowest BCUT2D eigenvalue weighted by Crippen LogP contribution is -2.36. The van der Waals surface area contributed by atoms with Crippen LogP contribution in [0.3, 0.4) is 0 Å². The first-order valence-electron chi connectivity index (χ1n) is 5.96. The van der Waals surface area contributed by atoms with E-state index in [-0.39, 0.29) is 23.2 Å². The number of carbonyl (C=O) groups excluding carboxylic acids is 1. The van der Waals surface area contributed by atoms with Crippen LogP contribution in [0.15, 0.2) is 22.7 Å². The molecule has 0 aliphatic carbocycles. The third-order valence-electron chi connectivity index (χ3n) is 2.71. The highest BCUT2D eigenvalue weighted by Crippen LogP contribution is 2.32. The zero-order valence-corrected chi connectivity index (χ0v) is 13.0. The maximum atomic E-state index is 12.7.